The molecule has 1 aromatic heterocycles. The van der Waals surface area contributed by atoms with Gasteiger partial charge in [-0.3, -0.25) is 9.59 Å². The summed E-state index contributed by atoms with van der Waals surface area (Å²) in [5.41, 5.74) is 1.18. The van der Waals surface area contributed by atoms with Crippen molar-refractivity contribution in [2.45, 2.75) is 33.7 Å². The Morgan fingerprint density at radius 2 is 1.77 bits per heavy atom. The van der Waals surface area contributed by atoms with Crippen molar-refractivity contribution in [1.82, 2.24) is 19.8 Å². The second-order valence-electron chi connectivity index (χ2n) is 7.27. The lowest BCUT2D eigenvalue weighted by Gasteiger charge is -2.40. The van der Waals surface area contributed by atoms with Crippen molar-refractivity contribution >= 4 is 17.8 Å². The van der Waals surface area contributed by atoms with E-state index in [4.69, 9.17) is 4.74 Å². The van der Waals surface area contributed by atoms with Crippen LogP contribution in [0, 0.1) is 13.8 Å². The Balaban J connectivity index is 1.81. The number of esters is 1. The minimum absolute atomic E-state index is 0.0495. The van der Waals surface area contributed by atoms with Gasteiger partial charge in [-0.15, -0.1) is 0 Å². The Bertz CT molecular complexity index is 961. The SMILES string of the molecule is CCOC(=O)c1c(C)nc(C)nc1C(=O)N1CCN(C(=O)c2ccccc2)C(C)C1. The number of benzene rings is 1. The maximum Gasteiger partial charge on any atom is 0.342 e. The third-order valence-corrected chi connectivity index (χ3v) is 5.08. The lowest BCUT2D eigenvalue weighted by Crippen LogP contribution is -2.55. The van der Waals surface area contributed by atoms with Crippen LogP contribution < -0.4 is 0 Å². The molecule has 1 aliphatic heterocycles. The van der Waals surface area contributed by atoms with Gasteiger partial charge in [0.05, 0.1) is 12.3 Å². The summed E-state index contributed by atoms with van der Waals surface area (Å²) in [5, 5.41) is 0. The molecule has 1 unspecified atom stereocenters. The zero-order valence-corrected chi connectivity index (χ0v) is 17.7. The van der Waals surface area contributed by atoms with Gasteiger partial charge in [-0.05, 0) is 39.8 Å². The first-order valence-corrected chi connectivity index (χ1v) is 10.0. The molecule has 0 saturated carbocycles. The summed E-state index contributed by atoms with van der Waals surface area (Å²) in [6, 6.07) is 8.91. The van der Waals surface area contributed by atoms with Gasteiger partial charge in [0.25, 0.3) is 11.8 Å². The molecule has 1 atom stereocenters. The van der Waals surface area contributed by atoms with Crippen molar-refractivity contribution in [2.75, 3.05) is 26.2 Å². The molecule has 158 valence electrons. The molecular formula is C22H26N4O4. The maximum atomic E-state index is 13.3. The molecule has 30 heavy (non-hydrogen) atoms. The van der Waals surface area contributed by atoms with Crippen molar-refractivity contribution in [3.05, 3.63) is 58.7 Å². The number of carbonyl (C=O) groups excluding carboxylic acids is 3. The standard InChI is InChI=1S/C22H26N4O4/c1-5-30-22(29)18-15(3)23-16(4)24-19(18)21(28)25-11-12-26(14(2)13-25)20(27)17-9-7-6-8-10-17/h6-10,14H,5,11-13H2,1-4H3. The Morgan fingerprint density at radius 1 is 1.07 bits per heavy atom. The van der Waals surface area contributed by atoms with E-state index in [1.54, 1.807) is 42.7 Å². The van der Waals surface area contributed by atoms with E-state index >= 15 is 0 Å². The van der Waals surface area contributed by atoms with Crippen LogP contribution in [-0.2, 0) is 4.74 Å². The zero-order valence-electron chi connectivity index (χ0n) is 17.7. The number of hydrogen-bond donors (Lipinski definition) is 0. The van der Waals surface area contributed by atoms with Crippen LogP contribution in [0.4, 0.5) is 0 Å². The van der Waals surface area contributed by atoms with E-state index in [1.165, 1.54) is 0 Å². The van der Waals surface area contributed by atoms with Gasteiger partial charge >= 0.3 is 5.97 Å². The smallest absolute Gasteiger partial charge is 0.342 e. The normalized spacial score (nSPS) is 16.3. The molecule has 3 rings (SSSR count). The molecular weight excluding hydrogens is 384 g/mol. The number of nitrogens with zero attached hydrogens (tertiary/aromatic N) is 4. The average molecular weight is 410 g/mol. The third-order valence-electron chi connectivity index (χ3n) is 5.08. The maximum absolute atomic E-state index is 13.3. The van der Waals surface area contributed by atoms with Crippen molar-refractivity contribution < 1.29 is 19.1 Å². The quantitative estimate of drug-likeness (QED) is 0.718. The Morgan fingerprint density at radius 3 is 2.40 bits per heavy atom. The highest BCUT2D eigenvalue weighted by atomic mass is 16.5. The van der Waals surface area contributed by atoms with Gasteiger partial charge in [-0.1, -0.05) is 18.2 Å². The van der Waals surface area contributed by atoms with Crippen molar-refractivity contribution in [3.8, 4) is 0 Å². The van der Waals surface area contributed by atoms with E-state index in [2.05, 4.69) is 9.97 Å². The van der Waals surface area contributed by atoms with Crippen LogP contribution in [0.3, 0.4) is 0 Å². The van der Waals surface area contributed by atoms with Gasteiger partial charge in [0.2, 0.25) is 0 Å². The highest BCUT2D eigenvalue weighted by Crippen LogP contribution is 2.19. The van der Waals surface area contributed by atoms with E-state index in [-0.39, 0.29) is 35.7 Å². The molecule has 2 heterocycles. The number of piperazine rings is 1. The van der Waals surface area contributed by atoms with Crippen LogP contribution in [0.2, 0.25) is 0 Å². The Labute approximate surface area is 175 Å². The van der Waals surface area contributed by atoms with Gasteiger partial charge in [0.15, 0.2) is 0 Å². The largest absolute Gasteiger partial charge is 0.462 e. The number of aryl methyl sites for hydroxylation is 2. The number of aromatic nitrogens is 2. The number of carbonyl (C=O) groups is 3. The first-order valence-electron chi connectivity index (χ1n) is 10.0. The molecule has 0 aliphatic carbocycles. The van der Waals surface area contributed by atoms with Crippen molar-refractivity contribution in [2.24, 2.45) is 0 Å². The van der Waals surface area contributed by atoms with Crippen molar-refractivity contribution in [3.63, 3.8) is 0 Å². The topological polar surface area (TPSA) is 92.7 Å². The molecule has 0 radical (unpaired) electrons. The number of ether oxygens (including phenoxy) is 1. The van der Waals surface area contributed by atoms with Gasteiger partial charge in [-0.2, -0.15) is 0 Å². The fourth-order valence-electron chi connectivity index (χ4n) is 3.66. The Kier molecular flexibility index (Phi) is 6.44. The average Bonchev–Trinajstić information content (AvgIpc) is 2.72. The molecule has 0 bridgehead atoms. The molecule has 0 spiro atoms. The van der Waals surface area contributed by atoms with Crippen LogP contribution in [0.1, 0.15) is 56.6 Å². The zero-order chi connectivity index (χ0) is 21.8. The third kappa shape index (κ3) is 4.32. The summed E-state index contributed by atoms with van der Waals surface area (Å²) in [4.78, 5) is 50.3. The van der Waals surface area contributed by atoms with Crippen LogP contribution in [0.5, 0.6) is 0 Å². The predicted molar refractivity (Wildman–Crippen MR) is 110 cm³/mol. The minimum Gasteiger partial charge on any atom is -0.462 e. The fourth-order valence-corrected chi connectivity index (χ4v) is 3.66. The highest BCUT2D eigenvalue weighted by Gasteiger charge is 2.33. The second kappa shape index (κ2) is 9.02. The van der Waals surface area contributed by atoms with Crippen LogP contribution >= 0.6 is 0 Å². The molecule has 1 saturated heterocycles. The summed E-state index contributed by atoms with van der Waals surface area (Å²) >= 11 is 0. The lowest BCUT2D eigenvalue weighted by molar-refractivity contribution is 0.0406. The molecule has 2 aromatic rings. The molecule has 0 N–H and O–H groups in total. The first-order chi connectivity index (χ1) is 14.3. The first kappa shape index (κ1) is 21.4. The molecule has 1 aliphatic rings. The fraction of sp³-hybridized carbons (Fsp3) is 0.409. The molecule has 8 heteroatoms. The summed E-state index contributed by atoms with van der Waals surface area (Å²) in [6.45, 7) is 8.25. The molecule has 8 nitrogen and oxygen atoms in total. The van der Waals surface area contributed by atoms with E-state index < -0.39 is 5.97 Å². The van der Waals surface area contributed by atoms with Gasteiger partial charge in [-0.25, -0.2) is 14.8 Å². The molecule has 1 aromatic carbocycles. The lowest BCUT2D eigenvalue weighted by atomic mass is 10.1. The Hall–Kier alpha value is -3.29. The van der Waals surface area contributed by atoms with Gasteiger partial charge in [0.1, 0.15) is 17.1 Å². The minimum atomic E-state index is -0.607. The predicted octanol–water partition coefficient (Wildman–Crippen LogP) is 2.26. The highest BCUT2D eigenvalue weighted by molar-refractivity contribution is 6.04. The van der Waals surface area contributed by atoms with E-state index in [0.717, 1.165) is 0 Å². The summed E-state index contributed by atoms with van der Waals surface area (Å²) in [5.74, 6) is -0.611. The van der Waals surface area contributed by atoms with Gasteiger partial charge < -0.3 is 14.5 Å². The van der Waals surface area contributed by atoms with Crippen LogP contribution in [0.15, 0.2) is 30.3 Å². The number of hydrogen-bond acceptors (Lipinski definition) is 6. The summed E-state index contributed by atoms with van der Waals surface area (Å²) in [7, 11) is 0. The second-order valence-corrected chi connectivity index (χ2v) is 7.27. The molecule has 2 amide bonds. The summed E-state index contributed by atoms with van der Waals surface area (Å²) in [6.07, 6.45) is 0. The number of amides is 2. The van der Waals surface area contributed by atoms with Crippen LogP contribution in [0.25, 0.3) is 0 Å². The monoisotopic (exact) mass is 410 g/mol. The van der Waals surface area contributed by atoms with Gasteiger partial charge in [0, 0.05) is 31.2 Å². The van der Waals surface area contributed by atoms with E-state index in [9.17, 15) is 14.4 Å². The molecule has 1 fully saturated rings. The van der Waals surface area contributed by atoms with E-state index in [0.29, 0.717) is 36.7 Å². The number of rotatable bonds is 4. The summed E-state index contributed by atoms with van der Waals surface area (Å²) < 4.78 is 5.10. The van der Waals surface area contributed by atoms with Crippen LogP contribution in [-0.4, -0.2) is 69.8 Å². The van der Waals surface area contributed by atoms with Crippen molar-refractivity contribution in [1.29, 1.82) is 0 Å². The van der Waals surface area contributed by atoms with E-state index in [1.807, 2.05) is 25.1 Å².